The third-order valence-electron chi connectivity index (χ3n) is 5.38. The first kappa shape index (κ1) is 23.1. The van der Waals surface area contributed by atoms with E-state index in [-0.39, 0.29) is 5.91 Å². The molecule has 0 saturated carbocycles. The molecule has 0 atom stereocenters. The summed E-state index contributed by atoms with van der Waals surface area (Å²) in [4.78, 5) is 12.5. The third kappa shape index (κ3) is 5.62. The van der Waals surface area contributed by atoms with Gasteiger partial charge in [-0.1, -0.05) is 44.2 Å². The van der Waals surface area contributed by atoms with Crippen LogP contribution in [0.25, 0.3) is 16.9 Å². The molecule has 0 unspecified atom stereocenters. The lowest BCUT2D eigenvalue weighted by Gasteiger charge is -2.12. The van der Waals surface area contributed by atoms with Crippen molar-refractivity contribution in [2.45, 2.75) is 20.8 Å². The van der Waals surface area contributed by atoms with Crippen molar-refractivity contribution in [2.24, 2.45) is 11.0 Å². The molecule has 1 N–H and O–H groups in total. The van der Waals surface area contributed by atoms with E-state index in [2.05, 4.69) is 60.1 Å². The largest absolute Gasteiger partial charge is 0.493 e. The van der Waals surface area contributed by atoms with Crippen molar-refractivity contribution in [1.29, 1.82) is 0 Å². The summed E-state index contributed by atoms with van der Waals surface area (Å²) >= 11 is 0. The number of nitrogens with one attached hydrogen (secondary N) is 1. The molecule has 0 spiro atoms. The summed E-state index contributed by atoms with van der Waals surface area (Å²) in [5.74, 6) is 1.04. The lowest BCUT2D eigenvalue weighted by atomic mass is 10.1. The first-order chi connectivity index (χ1) is 16.5. The van der Waals surface area contributed by atoms with E-state index in [1.165, 1.54) is 0 Å². The quantitative estimate of drug-likeness (QED) is 0.254. The van der Waals surface area contributed by atoms with Gasteiger partial charge in [-0.05, 0) is 84.6 Å². The van der Waals surface area contributed by atoms with Crippen molar-refractivity contribution < 1.29 is 9.53 Å². The highest BCUT2D eigenvalue weighted by Gasteiger charge is 2.10. The SMILES string of the molecule is Cc1ccc(-c2ccccc2)n1-c1ccc(C(=O)N/N=C/c2ccc(OCC(C)C)cc2)cc1. The number of aromatic nitrogens is 1. The van der Waals surface area contributed by atoms with Gasteiger partial charge in [0.25, 0.3) is 5.91 Å². The summed E-state index contributed by atoms with van der Waals surface area (Å²) in [6, 6.07) is 29.6. The normalized spacial score (nSPS) is 11.2. The fourth-order valence-corrected chi connectivity index (χ4v) is 3.62. The number of hydrazone groups is 1. The number of rotatable bonds is 8. The molecule has 0 bridgehead atoms. The molecule has 34 heavy (non-hydrogen) atoms. The lowest BCUT2D eigenvalue weighted by molar-refractivity contribution is 0.0955. The molecule has 1 amide bonds. The minimum Gasteiger partial charge on any atom is -0.493 e. The van der Waals surface area contributed by atoms with E-state index in [0.29, 0.717) is 18.1 Å². The number of amides is 1. The maximum atomic E-state index is 12.5. The van der Waals surface area contributed by atoms with Crippen molar-refractivity contribution in [3.05, 3.63) is 108 Å². The van der Waals surface area contributed by atoms with Crippen LogP contribution in [0, 0.1) is 12.8 Å². The van der Waals surface area contributed by atoms with Crippen LogP contribution in [0.4, 0.5) is 0 Å². The van der Waals surface area contributed by atoms with E-state index in [4.69, 9.17) is 4.74 Å². The molecule has 5 heteroatoms. The summed E-state index contributed by atoms with van der Waals surface area (Å²) < 4.78 is 7.87. The van der Waals surface area contributed by atoms with Gasteiger partial charge in [0.05, 0.1) is 18.5 Å². The van der Waals surface area contributed by atoms with Crippen LogP contribution in [0.15, 0.2) is 96.1 Å². The number of carbonyl (C=O) groups is 1. The zero-order valence-electron chi connectivity index (χ0n) is 19.7. The second kappa shape index (κ2) is 10.7. The van der Waals surface area contributed by atoms with Gasteiger partial charge >= 0.3 is 0 Å². The second-order valence-corrected chi connectivity index (χ2v) is 8.58. The highest BCUT2D eigenvalue weighted by molar-refractivity contribution is 5.95. The van der Waals surface area contributed by atoms with Gasteiger partial charge in [0.15, 0.2) is 0 Å². The Morgan fingerprint density at radius 3 is 2.32 bits per heavy atom. The van der Waals surface area contributed by atoms with Crippen molar-refractivity contribution in [3.8, 4) is 22.7 Å². The zero-order valence-corrected chi connectivity index (χ0v) is 19.7. The van der Waals surface area contributed by atoms with Crippen LogP contribution in [0.5, 0.6) is 5.75 Å². The average molecular weight is 452 g/mol. The second-order valence-electron chi connectivity index (χ2n) is 8.58. The van der Waals surface area contributed by atoms with Crippen LogP contribution in [0.1, 0.15) is 35.5 Å². The number of hydrogen-bond donors (Lipinski definition) is 1. The van der Waals surface area contributed by atoms with E-state index in [1.54, 1.807) is 6.21 Å². The Bertz CT molecular complexity index is 1260. The molecule has 0 aliphatic rings. The topological polar surface area (TPSA) is 55.6 Å². The van der Waals surface area contributed by atoms with E-state index < -0.39 is 0 Å². The van der Waals surface area contributed by atoms with Crippen molar-refractivity contribution in [3.63, 3.8) is 0 Å². The first-order valence-corrected chi connectivity index (χ1v) is 11.4. The van der Waals surface area contributed by atoms with Crippen LogP contribution in [0.3, 0.4) is 0 Å². The Kier molecular flexibility index (Phi) is 7.23. The van der Waals surface area contributed by atoms with Crippen molar-refractivity contribution in [2.75, 3.05) is 6.61 Å². The summed E-state index contributed by atoms with van der Waals surface area (Å²) in [7, 11) is 0. The van der Waals surface area contributed by atoms with Crippen LogP contribution in [-0.2, 0) is 0 Å². The minimum absolute atomic E-state index is 0.257. The van der Waals surface area contributed by atoms with E-state index in [9.17, 15) is 4.79 Å². The van der Waals surface area contributed by atoms with Crippen LogP contribution < -0.4 is 10.2 Å². The predicted molar refractivity (Wildman–Crippen MR) is 138 cm³/mol. The van der Waals surface area contributed by atoms with Gasteiger partial charge < -0.3 is 9.30 Å². The molecule has 4 rings (SSSR count). The highest BCUT2D eigenvalue weighted by atomic mass is 16.5. The van der Waals surface area contributed by atoms with Gasteiger partial charge in [0, 0.05) is 16.9 Å². The van der Waals surface area contributed by atoms with E-state index in [1.807, 2.05) is 66.7 Å². The third-order valence-corrected chi connectivity index (χ3v) is 5.38. The maximum absolute atomic E-state index is 12.5. The number of nitrogens with zero attached hydrogens (tertiary/aromatic N) is 2. The first-order valence-electron chi connectivity index (χ1n) is 11.4. The number of hydrogen-bond acceptors (Lipinski definition) is 3. The number of carbonyl (C=O) groups excluding carboxylic acids is 1. The van der Waals surface area contributed by atoms with Gasteiger partial charge in [-0.25, -0.2) is 5.43 Å². The maximum Gasteiger partial charge on any atom is 0.271 e. The van der Waals surface area contributed by atoms with Gasteiger partial charge in [-0.3, -0.25) is 4.79 Å². The van der Waals surface area contributed by atoms with E-state index >= 15 is 0 Å². The molecule has 3 aromatic carbocycles. The Hall–Kier alpha value is -4.12. The van der Waals surface area contributed by atoms with Gasteiger partial charge in [-0.15, -0.1) is 0 Å². The number of benzene rings is 3. The summed E-state index contributed by atoms with van der Waals surface area (Å²) in [5, 5.41) is 4.09. The molecule has 0 fully saturated rings. The fraction of sp³-hybridized carbons (Fsp3) is 0.172. The highest BCUT2D eigenvalue weighted by Crippen LogP contribution is 2.26. The molecule has 0 saturated heterocycles. The molecular weight excluding hydrogens is 422 g/mol. The molecule has 0 radical (unpaired) electrons. The van der Waals surface area contributed by atoms with Crippen molar-refractivity contribution >= 4 is 12.1 Å². The molecule has 4 aromatic rings. The lowest BCUT2D eigenvalue weighted by Crippen LogP contribution is -2.17. The summed E-state index contributed by atoms with van der Waals surface area (Å²) in [5.41, 5.74) is 8.41. The molecule has 5 nitrogen and oxygen atoms in total. The van der Waals surface area contributed by atoms with Gasteiger partial charge in [-0.2, -0.15) is 5.10 Å². The molecule has 0 aliphatic heterocycles. The Balaban J connectivity index is 1.40. The Morgan fingerprint density at radius 1 is 0.941 bits per heavy atom. The zero-order chi connectivity index (χ0) is 23.9. The summed E-state index contributed by atoms with van der Waals surface area (Å²) in [6.07, 6.45) is 1.62. The van der Waals surface area contributed by atoms with Gasteiger partial charge in [0.2, 0.25) is 0 Å². The van der Waals surface area contributed by atoms with Crippen LogP contribution in [0.2, 0.25) is 0 Å². The van der Waals surface area contributed by atoms with Crippen molar-refractivity contribution in [1.82, 2.24) is 9.99 Å². The minimum atomic E-state index is -0.257. The average Bonchev–Trinajstić information content (AvgIpc) is 3.25. The molecular formula is C29H29N3O2. The molecule has 172 valence electrons. The van der Waals surface area contributed by atoms with Crippen LogP contribution in [-0.4, -0.2) is 23.3 Å². The Morgan fingerprint density at radius 2 is 1.65 bits per heavy atom. The smallest absolute Gasteiger partial charge is 0.271 e. The summed E-state index contributed by atoms with van der Waals surface area (Å²) in [6.45, 7) is 6.98. The number of aryl methyl sites for hydroxylation is 1. The predicted octanol–water partition coefficient (Wildman–Crippen LogP) is 6.25. The van der Waals surface area contributed by atoms with Crippen LogP contribution >= 0.6 is 0 Å². The van der Waals surface area contributed by atoms with E-state index in [0.717, 1.165) is 34.0 Å². The fourth-order valence-electron chi connectivity index (χ4n) is 3.62. The standard InChI is InChI=1S/C29H29N3O2/c1-21(2)20-34-27-16-10-23(11-17-27)19-30-31-29(33)25-12-14-26(15-13-25)32-22(3)9-18-28(32)24-7-5-4-6-8-24/h4-19,21H,20H2,1-3H3,(H,31,33)/b30-19+. The monoisotopic (exact) mass is 451 g/mol. The Labute approximate surface area is 200 Å². The molecule has 1 aromatic heterocycles. The van der Waals surface area contributed by atoms with Gasteiger partial charge in [0.1, 0.15) is 5.75 Å². The molecule has 1 heterocycles. The number of ether oxygens (including phenoxy) is 1. The molecule has 0 aliphatic carbocycles.